The summed E-state index contributed by atoms with van der Waals surface area (Å²) in [5.41, 5.74) is 5.98. The lowest BCUT2D eigenvalue weighted by Gasteiger charge is -2.32. The first kappa shape index (κ1) is 27.2. The van der Waals surface area contributed by atoms with Gasteiger partial charge in [0.15, 0.2) is 5.82 Å². The van der Waals surface area contributed by atoms with Gasteiger partial charge in [0.05, 0.1) is 17.5 Å². The monoisotopic (exact) mass is 561 g/mol. The molecule has 0 radical (unpaired) electrons. The second-order valence-corrected chi connectivity index (χ2v) is 10.4. The van der Waals surface area contributed by atoms with Crippen molar-refractivity contribution in [3.63, 3.8) is 0 Å². The summed E-state index contributed by atoms with van der Waals surface area (Å²) >= 11 is 0. The molecule has 2 amide bonds. The highest BCUT2D eigenvalue weighted by molar-refractivity contribution is 6.04. The van der Waals surface area contributed by atoms with Gasteiger partial charge < -0.3 is 15.5 Å². The fourth-order valence-corrected chi connectivity index (χ4v) is 4.99. The average Bonchev–Trinajstić information content (AvgIpc) is 3.50. The Hall–Kier alpha value is -5.00. The number of piperazine rings is 1. The predicted octanol–water partition coefficient (Wildman–Crippen LogP) is 4.23. The molecule has 2 N–H and O–H groups in total. The van der Waals surface area contributed by atoms with Crippen LogP contribution in [0.4, 0.5) is 16.2 Å². The number of amides is 2. The van der Waals surface area contributed by atoms with Crippen LogP contribution in [0.2, 0.25) is 0 Å². The Kier molecular flexibility index (Phi) is 7.67. The second-order valence-electron chi connectivity index (χ2n) is 10.4. The number of pyridine rings is 1. The molecule has 6 rings (SSSR count). The summed E-state index contributed by atoms with van der Waals surface area (Å²) in [6.07, 6.45) is 5.93. The minimum Gasteiger partial charge on any atom is -0.322 e. The molecule has 0 atom stereocenters. The highest BCUT2D eigenvalue weighted by Gasteiger charge is 2.18. The molecular weight excluding hydrogens is 530 g/mol. The van der Waals surface area contributed by atoms with Gasteiger partial charge in [-0.3, -0.25) is 14.7 Å². The van der Waals surface area contributed by atoms with Gasteiger partial charge >= 0.3 is 6.03 Å². The number of hydrogen-bond donors (Lipinski definition) is 2. The first-order valence-electron chi connectivity index (χ1n) is 13.8. The number of imidazole rings is 1. The minimum absolute atomic E-state index is 0.215. The lowest BCUT2D eigenvalue weighted by Crippen LogP contribution is -2.43. The standard InChI is InChI=1S/C31H31N9O2/c1-21-7-9-24(36-31(42)40-20-32-17-28-29(40)35-19-34-28)15-25(21)27-10-8-22(16-33-27)30(41)37-26-6-4-3-5-23(26)18-39-13-11-38(2)12-14-39/h3-10,15-17,19-20H,11-14,18H2,1-2H3,(H,36,42)(H,37,41). The molecule has 11 heteroatoms. The van der Waals surface area contributed by atoms with E-state index < -0.39 is 6.03 Å². The van der Waals surface area contributed by atoms with Crippen molar-refractivity contribution < 1.29 is 9.59 Å². The summed E-state index contributed by atoms with van der Waals surface area (Å²) in [7, 11) is 2.14. The summed E-state index contributed by atoms with van der Waals surface area (Å²) in [6.45, 7) is 6.85. The van der Waals surface area contributed by atoms with Crippen molar-refractivity contribution >= 4 is 23.3 Å². The molecule has 3 aliphatic heterocycles. The largest absolute Gasteiger partial charge is 0.332 e. The number of likely N-dealkylation sites (N-methyl/N-ethyl adjacent to an activating group) is 1. The molecule has 42 heavy (non-hydrogen) atoms. The van der Waals surface area contributed by atoms with E-state index in [0.717, 1.165) is 55.1 Å². The highest BCUT2D eigenvalue weighted by Crippen LogP contribution is 2.26. The Bertz CT molecular complexity index is 1690. The van der Waals surface area contributed by atoms with Gasteiger partial charge in [-0.1, -0.05) is 24.3 Å². The van der Waals surface area contributed by atoms with E-state index in [4.69, 9.17) is 0 Å². The zero-order valence-electron chi connectivity index (χ0n) is 23.5. The van der Waals surface area contributed by atoms with Gasteiger partial charge in [-0.25, -0.2) is 24.3 Å². The van der Waals surface area contributed by atoms with Gasteiger partial charge in [-0.2, -0.15) is 0 Å². The molecular formula is C31H31N9O2. The highest BCUT2D eigenvalue weighted by atomic mass is 16.2. The van der Waals surface area contributed by atoms with Gasteiger partial charge in [0.25, 0.3) is 5.91 Å². The zero-order chi connectivity index (χ0) is 29.1. The summed E-state index contributed by atoms with van der Waals surface area (Å²) in [6, 6.07) is 16.7. The maximum Gasteiger partial charge on any atom is 0.332 e. The molecule has 3 aliphatic rings. The number of anilines is 2. The Morgan fingerprint density at radius 1 is 0.881 bits per heavy atom. The van der Waals surface area contributed by atoms with E-state index >= 15 is 0 Å². The molecule has 0 saturated carbocycles. The third-order valence-corrected chi connectivity index (χ3v) is 7.48. The van der Waals surface area contributed by atoms with Crippen LogP contribution in [-0.2, 0) is 6.54 Å². The van der Waals surface area contributed by atoms with E-state index in [-0.39, 0.29) is 5.91 Å². The van der Waals surface area contributed by atoms with E-state index in [1.54, 1.807) is 18.5 Å². The molecule has 1 aromatic heterocycles. The second kappa shape index (κ2) is 11.9. The Labute approximate surface area is 243 Å². The van der Waals surface area contributed by atoms with E-state index in [9.17, 15) is 9.59 Å². The summed E-state index contributed by atoms with van der Waals surface area (Å²) in [5, 5.41) is 5.96. The van der Waals surface area contributed by atoms with Crippen LogP contribution in [0.5, 0.6) is 0 Å². The number of nitrogens with zero attached hydrogens (tertiary/aromatic N) is 7. The van der Waals surface area contributed by atoms with Crippen LogP contribution in [0, 0.1) is 6.92 Å². The summed E-state index contributed by atoms with van der Waals surface area (Å²) < 4.78 is 1.32. The third kappa shape index (κ3) is 5.87. The van der Waals surface area contributed by atoms with E-state index in [1.165, 1.54) is 17.2 Å². The number of benzene rings is 2. The van der Waals surface area contributed by atoms with E-state index in [2.05, 4.69) is 53.5 Å². The zero-order valence-corrected chi connectivity index (χ0v) is 23.5. The molecule has 0 spiro atoms. The number of hydrogen-bond acceptors (Lipinski definition) is 8. The molecule has 0 unspecified atom stereocenters. The summed E-state index contributed by atoms with van der Waals surface area (Å²) in [4.78, 5) is 47.7. The molecule has 1 fully saturated rings. The van der Waals surface area contributed by atoms with Crippen molar-refractivity contribution in [3.05, 3.63) is 96.3 Å². The van der Waals surface area contributed by atoms with Crippen LogP contribution in [-0.4, -0.2) is 79.5 Å². The lowest BCUT2D eigenvalue weighted by molar-refractivity contribution is 0.102. The van der Waals surface area contributed by atoms with Gasteiger partial charge in [0.1, 0.15) is 18.3 Å². The predicted molar refractivity (Wildman–Crippen MR) is 160 cm³/mol. The molecule has 1 saturated heterocycles. The van der Waals surface area contributed by atoms with Gasteiger partial charge in [0, 0.05) is 55.9 Å². The number of rotatable bonds is 6. The molecule has 3 aromatic rings. The SMILES string of the molecule is Cc1ccc(NC(=O)n2cncc3ncnc2-3)cc1-c1ccc(C(=O)Nc2ccccc2CN2CCN(C)CC2)cn1. The van der Waals surface area contributed by atoms with Gasteiger partial charge in [-0.05, 0) is 55.4 Å². The summed E-state index contributed by atoms with van der Waals surface area (Å²) in [5.74, 6) is 0.209. The van der Waals surface area contributed by atoms with E-state index in [1.807, 2.05) is 49.4 Å². The van der Waals surface area contributed by atoms with Crippen LogP contribution in [0.15, 0.2) is 79.6 Å². The topological polar surface area (TPSA) is 121 Å². The molecule has 2 aromatic carbocycles. The maximum atomic E-state index is 13.2. The fraction of sp³-hybridized carbons (Fsp3) is 0.226. The van der Waals surface area contributed by atoms with Gasteiger partial charge in [-0.15, -0.1) is 0 Å². The Balaban J connectivity index is 1.15. The number of carbonyl (C=O) groups excluding carboxylic acids is 2. The Morgan fingerprint density at radius 2 is 1.71 bits per heavy atom. The number of para-hydroxylation sites is 1. The lowest BCUT2D eigenvalue weighted by atomic mass is 10.0. The first-order valence-corrected chi connectivity index (χ1v) is 13.8. The number of fused-ring (bicyclic) bond motifs is 1. The number of nitrogens with one attached hydrogen (secondary N) is 2. The maximum absolute atomic E-state index is 13.2. The van der Waals surface area contributed by atoms with Crippen LogP contribution in [0.25, 0.3) is 22.8 Å². The van der Waals surface area contributed by atoms with Crippen LogP contribution >= 0.6 is 0 Å². The van der Waals surface area contributed by atoms with E-state index in [0.29, 0.717) is 28.5 Å². The van der Waals surface area contributed by atoms with Crippen molar-refractivity contribution in [1.82, 2.24) is 34.3 Å². The Morgan fingerprint density at radius 3 is 2.52 bits per heavy atom. The van der Waals surface area contributed by atoms with Crippen LogP contribution in [0.1, 0.15) is 21.5 Å². The average molecular weight is 562 g/mol. The molecule has 11 nitrogen and oxygen atoms in total. The van der Waals surface area contributed by atoms with Crippen molar-refractivity contribution in [2.24, 2.45) is 0 Å². The molecule has 212 valence electrons. The van der Waals surface area contributed by atoms with Crippen LogP contribution in [0.3, 0.4) is 0 Å². The molecule has 0 bridgehead atoms. The number of aromatic nitrogens is 5. The van der Waals surface area contributed by atoms with Crippen molar-refractivity contribution in [3.8, 4) is 22.8 Å². The van der Waals surface area contributed by atoms with Crippen molar-refractivity contribution in [2.45, 2.75) is 13.5 Å². The molecule has 0 aliphatic carbocycles. The number of aryl methyl sites for hydroxylation is 1. The van der Waals surface area contributed by atoms with Crippen molar-refractivity contribution in [1.29, 1.82) is 0 Å². The van der Waals surface area contributed by atoms with Crippen LogP contribution < -0.4 is 10.6 Å². The quantitative estimate of drug-likeness (QED) is 0.316. The number of carbonyl (C=O) groups is 2. The smallest absolute Gasteiger partial charge is 0.322 e. The van der Waals surface area contributed by atoms with Gasteiger partial charge in [0.2, 0.25) is 0 Å². The molecule has 4 heterocycles. The minimum atomic E-state index is -0.406. The third-order valence-electron chi connectivity index (χ3n) is 7.48. The van der Waals surface area contributed by atoms with Crippen molar-refractivity contribution in [2.75, 3.05) is 43.9 Å². The normalized spacial score (nSPS) is 14.1. The fourth-order valence-electron chi connectivity index (χ4n) is 4.99. The first-order chi connectivity index (χ1) is 20.4.